The number of hydrogen-bond donors (Lipinski definition) is 1. The Morgan fingerprint density at radius 3 is 2.80 bits per heavy atom. The van der Waals surface area contributed by atoms with E-state index in [0.29, 0.717) is 5.92 Å². The zero-order valence-electron chi connectivity index (χ0n) is 11.1. The SMILES string of the molecule is CC(Nc1cc(Br)nc(C2CC2)n1)c1cccc(F)c1. The van der Waals surface area contributed by atoms with Crippen molar-refractivity contribution in [3.8, 4) is 0 Å². The first-order valence-electron chi connectivity index (χ1n) is 6.68. The number of benzene rings is 1. The minimum atomic E-state index is -0.223. The number of anilines is 1. The van der Waals surface area contributed by atoms with E-state index in [-0.39, 0.29) is 11.9 Å². The predicted octanol–water partition coefficient (Wildman–Crippen LogP) is 4.43. The van der Waals surface area contributed by atoms with Crippen LogP contribution in [0, 0.1) is 5.82 Å². The number of halogens is 2. The van der Waals surface area contributed by atoms with E-state index in [9.17, 15) is 4.39 Å². The Bertz CT molecular complexity index is 628. The van der Waals surface area contributed by atoms with Gasteiger partial charge in [-0.2, -0.15) is 0 Å². The van der Waals surface area contributed by atoms with Gasteiger partial charge in [-0.3, -0.25) is 0 Å². The molecule has 1 fully saturated rings. The van der Waals surface area contributed by atoms with Crippen molar-refractivity contribution in [1.82, 2.24) is 9.97 Å². The molecule has 0 saturated heterocycles. The first-order chi connectivity index (χ1) is 9.61. The van der Waals surface area contributed by atoms with Crippen LogP contribution >= 0.6 is 15.9 Å². The summed E-state index contributed by atoms with van der Waals surface area (Å²) in [5, 5.41) is 3.30. The predicted molar refractivity (Wildman–Crippen MR) is 80.1 cm³/mol. The third-order valence-electron chi connectivity index (χ3n) is 3.37. The van der Waals surface area contributed by atoms with Crippen LogP contribution in [-0.2, 0) is 0 Å². The molecule has 1 aliphatic carbocycles. The third kappa shape index (κ3) is 3.15. The molecule has 5 heteroatoms. The molecule has 20 heavy (non-hydrogen) atoms. The number of nitrogens with zero attached hydrogens (tertiary/aromatic N) is 2. The number of rotatable bonds is 4. The highest BCUT2D eigenvalue weighted by atomic mass is 79.9. The summed E-state index contributed by atoms with van der Waals surface area (Å²) >= 11 is 3.42. The minimum Gasteiger partial charge on any atom is -0.363 e. The van der Waals surface area contributed by atoms with Crippen molar-refractivity contribution >= 4 is 21.7 Å². The number of aromatic nitrogens is 2. The summed E-state index contributed by atoms with van der Waals surface area (Å²) in [6, 6.07) is 8.44. The van der Waals surface area contributed by atoms with E-state index in [1.54, 1.807) is 6.07 Å². The molecule has 0 radical (unpaired) electrons. The lowest BCUT2D eigenvalue weighted by atomic mass is 10.1. The summed E-state index contributed by atoms with van der Waals surface area (Å²) in [6.45, 7) is 1.99. The molecule has 0 spiro atoms. The minimum absolute atomic E-state index is 0.0143. The molecule has 1 aromatic carbocycles. The monoisotopic (exact) mass is 335 g/mol. The molecule has 0 aliphatic heterocycles. The lowest BCUT2D eigenvalue weighted by Gasteiger charge is -2.15. The van der Waals surface area contributed by atoms with E-state index in [2.05, 4.69) is 31.2 Å². The van der Waals surface area contributed by atoms with E-state index in [1.165, 1.54) is 12.1 Å². The van der Waals surface area contributed by atoms with E-state index >= 15 is 0 Å². The van der Waals surface area contributed by atoms with Crippen LogP contribution in [0.15, 0.2) is 34.9 Å². The molecule has 0 bridgehead atoms. The molecule has 1 atom stereocenters. The highest BCUT2D eigenvalue weighted by molar-refractivity contribution is 9.10. The summed E-state index contributed by atoms with van der Waals surface area (Å²) in [5.74, 6) is 1.93. The maximum Gasteiger partial charge on any atom is 0.135 e. The maximum atomic E-state index is 13.2. The van der Waals surface area contributed by atoms with Crippen LogP contribution in [0.3, 0.4) is 0 Å². The van der Waals surface area contributed by atoms with E-state index in [1.807, 2.05) is 19.1 Å². The second-order valence-corrected chi connectivity index (χ2v) is 5.94. The van der Waals surface area contributed by atoms with Crippen LogP contribution in [0.4, 0.5) is 10.2 Å². The van der Waals surface area contributed by atoms with Gasteiger partial charge in [0.25, 0.3) is 0 Å². The number of hydrogen-bond acceptors (Lipinski definition) is 3. The Balaban J connectivity index is 1.80. The van der Waals surface area contributed by atoms with Gasteiger partial charge in [-0.05, 0) is 53.4 Å². The van der Waals surface area contributed by atoms with Gasteiger partial charge in [0.15, 0.2) is 0 Å². The smallest absolute Gasteiger partial charge is 0.135 e. The zero-order chi connectivity index (χ0) is 14.1. The lowest BCUT2D eigenvalue weighted by Crippen LogP contribution is -2.09. The van der Waals surface area contributed by atoms with Crippen molar-refractivity contribution in [3.05, 3.63) is 52.1 Å². The molecule has 1 aromatic heterocycles. The van der Waals surface area contributed by atoms with Crippen molar-refractivity contribution in [2.75, 3.05) is 5.32 Å². The van der Waals surface area contributed by atoms with Crippen LogP contribution in [0.1, 0.15) is 43.1 Å². The molecule has 1 saturated carbocycles. The van der Waals surface area contributed by atoms with Gasteiger partial charge in [-0.1, -0.05) is 12.1 Å². The Morgan fingerprint density at radius 2 is 2.10 bits per heavy atom. The van der Waals surface area contributed by atoms with Gasteiger partial charge in [0.1, 0.15) is 22.1 Å². The van der Waals surface area contributed by atoms with Gasteiger partial charge < -0.3 is 5.32 Å². The summed E-state index contributed by atoms with van der Waals surface area (Å²) in [4.78, 5) is 8.93. The largest absolute Gasteiger partial charge is 0.363 e. The fourth-order valence-corrected chi connectivity index (χ4v) is 2.51. The molecule has 1 heterocycles. The summed E-state index contributed by atoms with van der Waals surface area (Å²) in [5.41, 5.74) is 0.896. The van der Waals surface area contributed by atoms with Gasteiger partial charge in [0.05, 0.1) is 6.04 Å². The molecule has 0 amide bonds. The highest BCUT2D eigenvalue weighted by Gasteiger charge is 2.27. The molecule has 2 aromatic rings. The normalized spacial score (nSPS) is 15.9. The van der Waals surface area contributed by atoms with E-state index in [0.717, 1.165) is 34.7 Å². The molecule has 3 nitrogen and oxygen atoms in total. The van der Waals surface area contributed by atoms with E-state index in [4.69, 9.17) is 0 Å². The van der Waals surface area contributed by atoms with Crippen LogP contribution in [0.5, 0.6) is 0 Å². The molecule has 3 rings (SSSR count). The van der Waals surface area contributed by atoms with Crippen LogP contribution in [-0.4, -0.2) is 9.97 Å². The van der Waals surface area contributed by atoms with Gasteiger partial charge in [0, 0.05) is 12.0 Å². The Hall–Kier alpha value is -1.49. The Labute approximate surface area is 125 Å². The van der Waals surface area contributed by atoms with Gasteiger partial charge in [-0.25, -0.2) is 14.4 Å². The average molecular weight is 336 g/mol. The Morgan fingerprint density at radius 1 is 1.30 bits per heavy atom. The molecular weight excluding hydrogens is 321 g/mol. The molecule has 1 aliphatic rings. The topological polar surface area (TPSA) is 37.8 Å². The van der Waals surface area contributed by atoms with Gasteiger partial charge in [0.2, 0.25) is 0 Å². The quantitative estimate of drug-likeness (QED) is 0.840. The van der Waals surface area contributed by atoms with Gasteiger partial charge in [-0.15, -0.1) is 0 Å². The standard InChI is InChI=1S/C15H15BrFN3/c1-9(11-3-2-4-12(17)7-11)18-14-8-13(16)19-15(20-14)10-5-6-10/h2-4,7-10H,5-6H2,1H3,(H,18,19,20). The van der Waals surface area contributed by atoms with Crippen molar-refractivity contribution in [2.45, 2.75) is 31.7 Å². The van der Waals surface area contributed by atoms with Crippen molar-refractivity contribution in [2.24, 2.45) is 0 Å². The zero-order valence-corrected chi connectivity index (χ0v) is 12.7. The van der Waals surface area contributed by atoms with E-state index < -0.39 is 0 Å². The van der Waals surface area contributed by atoms with Crippen LogP contribution in [0.2, 0.25) is 0 Å². The highest BCUT2D eigenvalue weighted by Crippen LogP contribution is 2.39. The Kier molecular flexibility index (Phi) is 3.70. The molecular formula is C15H15BrFN3. The van der Waals surface area contributed by atoms with Crippen molar-refractivity contribution in [3.63, 3.8) is 0 Å². The summed E-state index contributed by atoms with van der Waals surface area (Å²) in [6.07, 6.45) is 2.32. The first-order valence-corrected chi connectivity index (χ1v) is 7.47. The van der Waals surface area contributed by atoms with Gasteiger partial charge >= 0.3 is 0 Å². The molecule has 1 unspecified atom stereocenters. The van der Waals surface area contributed by atoms with Crippen molar-refractivity contribution in [1.29, 1.82) is 0 Å². The fourth-order valence-electron chi connectivity index (χ4n) is 2.11. The lowest BCUT2D eigenvalue weighted by molar-refractivity contribution is 0.623. The fraction of sp³-hybridized carbons (Fsp3) is 0.333. The second-order valence-electron chi connectivity index (χ2n) is 5.13. The number of nitrogens with one attached hydrogen (secondary N) is 1. The average Bonchev–Trinajstić information content (AvgIpc) is 3.22. The van der Waals surface area contributed by atoms with Crippen LogP contribution in [0.25, 0.3) is 0 Å². The third-order valence-corrected chi connectivity index (χ3v) is 3.77. The molecule has 1 N–H and O–H groups in total. The molecule has 104 valence electrons. The summed E-state index contributed by atoms with van der Waals surface area (Å²) < 4.78 is 14.0. The summed E-state index contributed by atoms with van der Waals surface area (Å²) in [7, 11) is 0. The second kappa shape index (κ2) is 5.48. The maximum absolute atomic E-state index is 13.2. The van der Waals surface area contributed by atoms with Crippen molar-refractivity contribution < 1.29 is 4.39 Å². The first kappa shape index (κ1) is 13.5. The van der Waals surface area contributed by atoms with Crippen LogP contribution < -0.4 is 5.32 Å².